The molecule has 7 heteroatoms. The van der Waals surface area contributed by atoms with Crippen molar-refractivity contribution in [2.45, 2.75) is 6.92 Å². The molecule has 0 atom stereocenters. The van der Waals surface area contributed by atoms with Crippen molar-refractivity contribution in [3.8, 4) is 0 Å². The molecule has 0 unspecified atom stereocenters. The van der Waals surface area contributed by atoms with E-state index in [-0.39, 0.29) is 16.3 Å². The Morgan fingerprint density at radius 1 is 1.33 bits per heavy atom. The molecular formula is C14H10ClFN2O3. The summed E-state index contributed by atoms with van der Waals surface area (Å²) in [7, 11) is 0. The van der Waals surface area contributed by atoms with E-state index in [1.54, 1.807) is 6.92 Å². The van der Waals surface area contributed by atoms with Gasteiger partial charge in [-0.15, -0.1) is 0 Å². The second-order valence-corrected chi connectivity index (χ2v) is 4.72. The van der Waals surface area contributed by atoms with E-state index in [1.807, 2.05) is 0 Å². The molecule has 0 heterocycles. The van der Waals surface area contributed by atoms with Crippen LogP contribution in [0, 0.1) is 22.9 Å². The molecule has 21 heavy (non-hydrogen) atoms. The van der Waals surface area contributed by atoms with Crippen LogP contribution in [0.5, 0.6) is 0 Å². The third-order valence-electron chi connectivity index (χ3n) is 2.86. The second kappa shape index (κ2) is 5.88. The topological polar surface area (TPSA) is 72.2 Å². The average Bonchev–Trinajstić information content (AvgIpc) is 2.42. The number of nitrogens with one attached hydrogen (secondary N) is 1. The molecule has 2 aromatic carbocycles. The van der Waals surface area contributed by atoms with Gasteiger partial charge in [-0.25, -0.2) is 4.39 Å². The summed E-state index contributed by atoms with van der Waals surface area (Å²) >= 11 is 5.79. The first-order valence-electron chi connectivity index (χ1n) is 5.90. The Labute approximate surface area is 124 Å². The molecule has 0 bridgehead atoms. The first kappa shape index (κ1) is 14.9. The molecule has 0 radical (unpaired) electrons. The van der Waals surface area contributed by atoms with E-state index >= 15 is 0 Å². The van der Waals surface area contributed by atoms with Gasteiger partial charge in [-0.1, -0.05) is 23.7 Å². The third-order valence-corrected chi connectivity index (χ3v) is 3.16. The van der Waals surface area contributed by atoms with E-state index in [9.17, 15) is 19.3 Å². The van der Waals surface area contributed by atoms with Gasteiger partial charge in [0.2, 0.25) is 0 Å². The first-order chi connectivity index (χ1) is 9.90. The molecule has 2 aromatic rings. The van der Waals surface area contributed by atoms with Crippen LogP contribution < -0.4 is 5.32 Å². The smallest absolute Gasteiger partial charge is 0.288 e. The highest BCUT2D eigenvalue weighted by Crippen LogP contribution is 2.30. The zero-order chi connectivity index (χ0) is 15.6. The van der Waals surface area contributed by atoms with Crippen molar-refractivity contribution >= 4 is 28.9 Å². The second-order valence-electron chi connectivity index (χ2n) is 4.31. The molecule has 0 saturated carbocycles. The molecule has 0 aliphatic carbocycles. The molecule has 108 valence electrons. The predicted molar refractivity (Wildman–Crippen MR) is 77.2 cm³/mol. The van der Waals surface area contributed by atoms with Crippen LogP contribution >= 0.6 is 11.6 Å². The lowest BCUT2D eigenvalue weighted by atomic mass is 10.1. The van der Waals surface area contributed by atoms with Gasteiger partial charge in [-0.05, 0) is 30.7 Å². The Hall–Kier alpha value is -2.47. The maximum atomic E-state index is 13.5. The lowest BCUT2D eigenvalue weighted by Gasteiger charge is -2.09. The molecule has 0 aliphatic heterocycles. The number of hydrogen-bond acceptors (Lipinski definition) is 3. The molecule has 0 aliphatic rings. The van der Waals surface area contributed by atoms with Crippen molar-refractivity contribution in [2.24, 2.45) is 0 Å². The highest BCUT2D eigenvalue weighted by atomic mass is 35.5. The lowest BCUT2D eigenvalue weighted by Crippen LogP contribution is -2.14. The number of carbonyl (C=O) groups is 1. The number of nitro groups is 1. The lowest BCUT2D eigenvalue weighted by molar-refractivity contribution is -0.384. The normalized spacial score (nSPS) is 10.2. The number of hydrogen-bond donors (Lipinski definition) is 1. The number of carbonyl (C=O) groups excluding carboxylic acids is 1. The number of anilines is 1. The van der Waals surface area contributed by atoms with Gasteiger partial charge in [-0.2, -0.15) is 0 Å². The zero-order valence-electron chi connectivity index (χ0n) is 10.9. The van der Waals surface area contributed by atoms with Crippen molar-refractivity contribution in [3.05, 3.63) is 68.5 Å². The fraction of sp³-hybridized carbons (Fsp3) is 0.0714. The summed E-state index contributed by atoms with van der Waals surface area (Å²) in [6.45, 7) is 1.58. The van der Waals surface area contributed by atoms with Gasteiger partial charge in [0, 0.05) is 11.8 Å². The minimum atomic E-state index is -0.652. The number of halogens is 2. The summed E-state index contributed by atoms with van der Waals surface area (Å²) in [5.41, 5.74) is 0.374. The molecule has 0 fully saturated rings. The number of aryl methyl sites for hydroxylation is 1. The highest BCUT2D eigenvalue weighted by Gasteiger charge is 2.17. The minimum absolute atomic E-state index is 0.102. The highest BCUT2D eigenvalue weighted by molar-refractivity contribution is 6.33. The maximum absolute atomic E-state index is 13.5. The van der Waals surface area contributed by atoms with Crippen molar-refractivity contribution in [1.29, 1.82) is 0 Å². The predicted octanol–water partition coefficient (Wildman–Crippen LogP) is 3.95. The largest absolute Gasteiger partial charge is 0.322 e. The molecule has 0 aromatic heterocycles. The van der Waals surface area contributed by atoms with Crippen LogP contribution in [-0.2, 0) is 0 Å². The van der Waals surface area contributed by atoms with Crippen molar-refractivity contribution in [2.75, 3.05) is 5.32 Å². The Kier molecular flexibility index (Phi) is 4.18. The molecule has 0 spiro atoms. The van der Waals surface area contributed by atoms with Gasteiger partial charge >= 0.3 is 0 Å². The fourth-order valence-electron chi connectivity index (χ4n) is 1.78. The van der Waals surface area contributed by atoms with E-state index in [0.29, 0.717) is 11.3 Å². The summed E-state index contributed by atoms with van der Waals surface area (Å²) in [5, 5.41) is 13.1. The zero-order valence-corrected chi connectivity index (χ0v) is 11.6. The number of rotatable bonds is 3. The fourth-order valence-corrected chi connectivity index (χ4v) is 2.01. The number of nitro benzene ring substituents is 1. The van der Waals surface area contributed by atoms with E-state index in [4.69, 9.17) is 11.6 Å². The molecule has 1 amide bonds. The quantitative estimate of drug-likeness (QED) is 0.689. The van der Waals surface area contributed by atoms with Gasteiger partial charge < -0.3 is 5.32 Å². The minimum Gasteiger partial charge on any atom is -0.322 e. The Morgan fingerprint density at radius 3 is 2.62 bits per heavy atom. The van der Waals surface area contributed by atoms with Gasteiger partial charge in [0.15, 0.2) is 0 Å². The third kappa shape index (κ3) is 3.17. The van der Waals surface area contributed by atoms with Crippen LogP contribution in [0.3, 0.4) is 0 Å². The van der Waals surface area contributed by atoms with Gasteiger partial charge in [0.05, 0.1) is 10.5 Å². The summed E-state index contributed by atoms with van der Waals surface area (Å²) in [6, 6.07) is 8.04. The molecule has 0 saturated heterocycles. The number of nitrogens with zero attached hydrogens (tertiary/aromatic N) is 1. The average molecular weight is 309 g/mol. The summed E-state index contributed by atoms with van der Waals surface area (Å²) in [6.07, 6.45) is 0. The molecule has 1 N–H and O–H groups in total. The summed E-state index contributed by atoms with van der Waals surface area (Å²) in [4.78, 5) is 22.1. The van der Waals surface area contributed by atoms with E-state index < -0.39 is 16.6 Å². The number of benzene rings is 2. The number of amides is 1. The summed E-state index contributed by atoms with van der Waals surface area (Å²) < 4.78 is 13.5. The summed E-state index contributed by atoms with van der Waals surface area (Å²) in [5.74, 6) is -1.30. The monoisotopic (exact) mass is 308 g/mol. The van der Waals surface area contributed by atoms with Crippen molar-refractivity contribution in [1.82, 2.24) is 0 Å². The van der Waals surface area contributed by atoms with Crippen molar-refractivity contribution < 1.29 is 14.1 Å². The Balaban J connectivity index is 2.32. The van der Waals surface area contributed by atoms with Gasteiger partial charge in [0.1, 0.15) is 10.8 Å². The van der Waals surface area contributed by atoms with Crippen LogP contribution in [0.25, 0.3) is 0 Å². The van der Waals surface area contributed by atoms with Crippen molar-refractivity contribution in [3.63, 3.8) is 0 Å². The van der Waals surface area contributed by atoms with Crippen LogP contribution in [0.1, 0.15) is 15.9 Å². The SMILES string of the molecule is Cc1cc([N+](=O)[O-])c(Cl)cc1NC(=O)c1ccccc1F. The van der Waals surface area contributed by atoms with E-state index in [2.05, 4.69) is 5.32 Å². The van der Waals surface area contributed by atoms with Gasteiger partial charge in [-0.3, -0.25) is 14.9 Å². The molecular weight excluding hydrogens is 299 g/mol. The van der Waals surface area contributed by atoms with Crippen LogP contribution in [-0.4, -0.2) is 10.8 Å². The molecule has 2 rings (SSSR count). The Bertz CT molecular complexity index is 734. The van der Waals surface area contributed by atoms with E-state index in [0.717, 1.165) is 0 Å². The Morgan fingerprint density at radius 2 is 2.00 bits per heavy atom. The van der Waals surface area contributed by atoms with Crippen LogP contribution in [0.2, 0.25) is 5.02 Å². The first-order valence-corrected chi connectivity index (χ1v) is 6.28. The van der Waals surface area contributed by atoms with Gasteiger partial charge in [0.25, 0.3) is 11.6 Å². The van der Waals surface area contributed by atoms with Crippen LogP contribution in [0.4, 0.5) is 15.8 Å². The van der Waals surface area contributed by atoms with Crippen LogP contribution in [0.15, 0.2) is 36.4 Å². The maximum Gasteiger partial charge on any atom is 0.288 e. The molecule has 5 nitrogen and oxygen atoms in total. The standard InChI is InChI=1S/C14H10ClFN2O3/c1-8-6-13(18(20)21)10(15)7-12(8)17-14(19)9-4-2-3-5-11(9)16/h2-7H,1H3,(H,17,19). The van der Waals surface area contributed by atoms with E-state index in [1.165, 1.54) is 36.4 Å².